The third kappa shape index (κ3) is 3.02. The molecule has 4 heteroatoms. The molecule has 0 aromatic heterocycles. The third-order valence-corrected chi connectivity index (χ3v) is 5.07. The van der Waals surface area contributed by atoms with Gasteiger partial charge in [-0.05, 0) is 55.7 Å². The summed E-state index contributed by atoms with van der Waals surface area (Å²) >= 11 is 1.71. The van der Waals surface area contributed by atoms with Crippen molar-refractivity contribution >= 4 is 17.7 Å². The third-order valence-electron chi connectivity index (χ3n) is 3.94. The molecule has 0 saturated heterocycles. The molecule has 22 heavy (non-hydrogen) atoms. The number of rotatable bonds is 2. The Morgan fingerprint density at radius 2 is 2.05 bits per heavy atom. The number of amides is 1. The molecule has 0 radical (unpaired) electrons. The number of hydrogen-bond acceptors (Lipinski definition) is 2. The van der Waals surface area contributed by atoms with Crippen LogP contribution in [0.1, 0.15) is 39.5 Å². The summed E-state index contributed by atoms with van der Waals surface area (Å²) < 4.78 is 13.5. The summed E-state index contributed by atoms with van der Waals surface area (Å²) in [5.41, 5.74) is 3.66. The lowest BCUT2D eigenvalue weighted by atomic mass is 10.0. The van der Waals surface area contributed by atoms with Gasteiger partial charge in [-0.3, -0.25) is 4.79 Å². The van der Waals surface area contributed by atoms with Gasteiger partial charge >= 0.3 is 0 Å². The molecule has 1 N–H and O–H groups in total. The van der Waals surface area contributed by atoms with E-state index in [2.05, 4.69) is 5.32 Å². The van der Waals surface area contributed by atoms with Crippen molar-refractivity contribution < 1.29 is 9.18 Å². The van der Waals surface area contributed by atoms with Crippen LogP contribution >= 0.6 is 11.8 Å². The average Bonchev–Trinajstić information content (AvgIpc) is 2.47. The maximum atomic E-state index is 13.5. The minimum absolute atomic E-state index is 0.0930. The first-order valence-corrected chi connectivity index (χ1v) is 8.33. The Morgan fingerprint density at radius 1 is 1.23 bits per heavy atom. The molecular weight excluding hydrogens is 297 g/mol. The van der Waals surface area contributed by atoms with Gasteiger partial charge in [0.25, 0.3) is 5.91 Å². The molecule has 0 fully saturated rings. The van der Waals surface area contributed by atoms with Gasteiger partial charge in [0.2, 0.25) is 0 Å². The summed E-state index contributed by atoms with van der Waals surface area (Å²) in [5, 5.41) is 3.06. The lowest BCUT2D eigenvalue weighted by molar-refractivity contribution is 0.0934. The summed E-state index contributed by atoms with van der Waals surface area (Å²) in [6.45, 7) is 3.94. The number of carbonyl (C=O) groups excluding carboxylic acids is 1. The Labute approximate surface area is 134 Å². The zero-order chi connectivity index (χ0) is 15.7. The van der Waals surface area contributed by atoms with E-state index in [-0.39, 0.29) is 17.8 Å². The van der Waals surface area contributed by atoms with Gasteiger partial charge in [-0.25, -0.2) is 4.39 Å². The Morgan fingerprint density at radius 3 is 2.82 bits per heavy atom. The molecule has 1 aliphatic heterocycles. The molecule has 3 rings (SSSR count). The normalized spacial score (nSPS) is 17.0. The van der Waals surface area contributed by atoms with Crippen LogP contribution < -0.4 is 5.32 Å². The molecule has 1 amide bonds. The number of thioether (sulfide) groups is 1. The predicted octanol–water partition coefficient (Wildman–Crippen LogP) is 4.41. The minimum atomic E-state index is -0.257. The molecule has 114 valence electrons. The Kier molecular flexibility index (Phi) is 4.21. The zero-order valence-electron chi connectivity index (χ0n) is 12.7. The van der Waals surface area contributed by atoms with Gasteiger partial charge in [0.1, 0.15) is 5.82 Å². The second kappa shape index (κ2) is 6.13. The smallest absolute Gasteiger partial charge is 0.252 e. The molecule has 0 bridgehead atoms. The van der Waals surface area contributed by atoms with E-state index >= 15 is 0 Å². The molecule has 2 aromatic carbocycles. The van der Waals surface area contributed by atoms with E-state index in [4.69, 9.17) is 0 Å². The van der Waals surface area contributed by atoms with Crippen molar-refractivity contribution in [2.45, 2.75) is 31.2 Å². The molecule has 0 spiro atoms. The molecule has 1 atom stereocenters. The Bertz CT molecular complexity index is 729. The highest BCUT2D eigenvalue weighted by Gasteiger charge is 2.23. The quantitative estimate of drug-likeness (QED) is 0.889. The van der Waals surface area contributed by atoms with Gasteiger partial charge in [-0.2, -0.15) is 0 Å². The van der Waals surface area contributed by atoms with Crippen LogP contribution in [0.4, 0.5) is 4.39 Å². The highest BCUT2D eigenvalue weighted by atomic mass is 32.2. The second-order valence-corrected chi connectivity index (χ2v) is 6.80. The van der Waals surface area contributed by atoms with E-state index < -0.39 is 0 Å². The largest absolute Gasteiger partial charge is 0.345 e. The van der Waals surface area contributed by atoms with E-state index in [1.54, 1.807) is 17.8 Å². The molecular formula is C18H18FNOS. The summed E-state index contributed by atoms with van der Waals surface area (Å²) in [4.78, 5) is 13.6. The number of fused-ring (bicyclic) bond motifs is 1. The molecule has 1 unspecified atom stereocenters. The van der Waals surface area contributed by atoms with Crippen LogP contribution in [0.25, 0.3) is 0 Å². The van der Waals surface area contributed by atoms with E-state index in [9.17, 15) is 9.18 Å². The van der Waals surface area contributed by atoms with Crippen LogP contribution in [0.15, 0.2) is 41.3 Å². The van der Waals surface area contributed by atoms with Crippen molar-refractivity contribution in [1.82, 2.24) is 5.32 Å². The second-order valence-electron chi connectivity index (χ2n) is 5.66. The van der Waals surface area contributed by atoms with E-state index in [0.717, 1.165) is 33.8 Å². The van der Waals surface area contributed by atoms with Crippen molar-refractivity contribution in [3.8, 4) is 0 Å². The molecule has 2 aromatic rings. The fraction of sp³-hybridized carbons (Fsp3) is 0.278. The van der Waals surface area contributed by atoms with Gasteiger partial charge in [0, 0.05) is 16.2 Å². The van der Waals surface area contributed by atoms with Gasteiger partial charge in [0.15, 0.2) is 0 Å². The van der Waals surface area contributed by atoms with E-state index in [1.165, 1.54) is 12.1 Å². The van der Waals surface area contributed by atoms with Crippen molar-refractivity contribution in [3.05, 3.63) is 64.5 Å². The molecule has 2 nitrogen and oxygen atoms in total. The lowest BCUT2D eigenvalue weighted by Gasteiger charge is -2.26. The average molecular weight is 315 g/mol. The summed E-state index contributed by atoms with van der Waals surface area (Å²) in [5.74, 6) is 0.577. The number of aryl methyl sites for hydroxylation is 2. The molecule has 0 aliphatic carbocycles. The predicted molar refractivity (Wildman–Crippen MR) is 87.9 cm³/mol. The van der Waals surface area contributed by atoms with E-state index in [1.807, 2.05) is 32.0 Å². The molecule has 1 aliphatic rings. The SMILES string of the molecule is Cc1ccc(C(=O)NC2CCSc3ccc(F)cc32)c(C)c1. The van der Waals surface area contributed by atoms with Crippen molar-refractivity contribution in [1.29, 1.82) is 0 Å². The van der Waals surface area contributed by atoms with Gasteiger partial charge < -0.3 is 5.32 Å². The van der Waals surface area contributed by atoms with Crippen molar-refractivity contribution in [2.24, 2.45) is 0 Å². The monoisotopic (exact) mass is 315 g/mol. The first kappa shape index (κ1) is 15.1. The van der Waals surface area contributed by atoms with Gasteiger partial charge in [-0.15, -0.1) is 11.8 Å². The van der Waals surface area contributed by atoms with Crippen LogP contribution in [-0.4, -0.2) is 11.7 Å². The first-order chi connectivity index (χ1) is 10.5. The highest BCUT2D eigenvalue weighted by Crippen LogP contribution is 2.36. The number of hydrogen-bond donors (Lipinski definition) is 1. The van der Waals surface area contributed by atoms with Crippen LogP contribution in [0.2, 0.25) is 0 Å². The lowest BCUT2D eigenvalue weighted by Crippen LogP contribution is -2.31. The number of halogens is 1. The summed E-state index contributed by atoms with van der Waals surface area (Å²) in [6.07, 6.45) is 0.817. The summed E-state index contributed by atoms with van der Waals surface area (Å²) in [7, 11) is 0. The fourth-order valence-corrected chi connectivity index (χ4v) is 3.93. The minimum Gasteiger partial charge on any atom is -0.345 e. The Hall–Kier alpha value is -1.81. The number of nitrogens with one attached hydrogen (secondary N) is 1. The summed E-state index contributed by atoms with van der Waals surface area (Å²) in [6, 6.07) is 10.5. The highest BCUT2D eigenvalue weighted by molar-refractivity contribution is 7.99. The van der Waals surface area contributed by atoms with Crippen LogP contribution in [0.3, 0.4) is 0 Å². The molecule has 0 saturated carbocycles. The van der Waals surface area contributed by atoms with Crippen molar-refractivity contribution in [3.63, 3.8) is 0 Å². The van der Waals surface area contributed by atoms with Crippen molar-refractivity contribution in [2.75, 3.05) is 5.75 Å². The molecule has 1 heterocycles. The number of carbonyl (C=O) groups is 1. The van der Waals surface area contributed by atoms with Gasteiger partial charge in [-0.1, -0.05) is 17.7 Å². The Balaban J connectivity index is 1.85. The topological polar surface area (TPSA) is 29.1 Å². The van der Waals surface area contributed by atoms with Crippen LogP contribution in [0, 0.1) is 19.7 Å². The van der Waals surface area contributed by atoms with E-state index in [0.29, 0.717) is 5.56 Å². The van der Waals surface area contributed by atoms with Crippen LogP contribution in [0.5, 0.6) is 0 Å². The van der Waals surface area contributed by atoms with Crippen LogP contribution in [-0.2, 0) is 0 Å². The fourth-order valence-electron chi connectivity index (χ4n) is 2.82. The maximum absolute atomic E-state index is 13.5. The zero-order valence-corrected chi connectivity index (χ0v) is 13.5. The van der Waals surface area contributed by atoms with Gasteiger partial charge in [0.05, 0.1) is 6.04 Å². The standard InChI is InChI=1S/C18H18FNOS/c1-11-3-5-14(12(2)9-11)18(21)20-16-7-8-22-17-6-4-13(19)10-15(16)17/h3-6,9-10,16H,7-8H2,1-2H3,(H,20,21). The first-order valence-electron chi connectivity index (χ1n) is 7.35. The number of benzene rings is 2. The maximum Gasteiger partial charge on any atom is 0.252 e.